The molecule has 0 saturated carbocycles. The maximum Gasteiger partial charge on any atom is 0.0599 e. The monoisotopic (exact) mass is 214 g/mol. The number of unbranched alkanes of at least 4 members (excludes halogenated alkanes) is 2. The van der Waals surface area contributed by atoms with Gasteiger partial charge in [0.05, 0.1) is 6.10 Å². The molecule has 0 atom stereocenters. The van der Waals surface area contributed by atoms with E-state index in [1.54, 1.807) is 0 Å². The second kappa shape index (κ2) is 8.08. The van der Waals surface area contributed by atoms with Crippen molar-refractivity contribution in [2.75, 3.05) is 32.8 Å². The summed E-state index contributed by atoms with van der Waals surface area (Å²) in [5.41, 5.74) is 5.47. The minimum Gasteiger partial charge on any atom is -0.378 e. The van der Waals surface area contributed by atoms with Crippen molar-refractivity contribution in [2.45, 2.75) is 45.1 Å². The third kappa shape index (κ3) is 5.50. The Morgan fingerprint density at radius 2 is 1.93 bits per heavy atom. The van der Waals surface area contributed by atoms with E-state index in [9.17, 15) is 0 Å². The molecule has 0 aromatic rings. The average molecular weight is 214 g/mol. The minimum absolute atomic E-state index is 0.523. The highest BCUT2D eigenvalue weighted by molar-refractivity contribution is 4.72. The summed E-state index contributed by atoms with van der Waals surface area (Å²) < 4.78 is 5.63. The smallest absolute Gasteiger partial charge is 0.0599 e. The molecular formula is C12H26N2O. The van der Waals surface area contributed by atoms with E-state index in [0.717, 1.165) is 13.2 Å². The Labute approximate surface area is 94.0 Å². The number of nitrogens with zero attached hydrogens (tertiary/aromatic N) is 1. The van der Waals surface area contributed by atoms with E-state index in [1.165, 1.54) is 51.7 Å². The highest BCUT2D eigenvalue weighted by Crippen LogP contribution is 2.14. The van der Waals surface area contributed by atoms with Crippen LogP contribution in [0.25, 0.3) is 0 Å². The van der Waals surface area contributed by atoms with Gasteiger partial charge in [0.2, 0.25) is 0 Å². The van der Waals surface area contributed by atoms with Gasteiger partial charge in [-0.1, -0.05) is 6.42 Å². The fourth-order valence-corrected chi connectivity index (χ4v) is 2.19. The molecule has 0 unspecified atom stereocenters. The van der Waals surface area contributed by atoms with E-state index in [1.807, 2.05) is 0 Å². The molecule has 15 heavy (non-hydrogen) atoms. The molecule has 2 N–H and O–H groups in total. The maximum absolute atomic E-state index is 5.63. The molecule has 0 amide bonds. The van der Waals surface area contributed by atoms with E-state index in [2.05, 4.69) is 11.8 Å². The van der Waals surface area contributed by atoms with Gasteiger partial charge in [0.15, 0.2) is 0 Å². The fourth-order valence-electron chi connectivity index (χ4n) is 2.19. The van der Waals surface area contributed by atoms with Crippen LogP contribution in [0.1, 0.15) is 39.0 Å². The van der Waals surface area contributed by atoms with Crippen molar-refractivity contribution < 1.29 is 4.74 Å². The summed E-state index contributed by atoms with van der Waals surface area (Å²) in [5, 5.41) is 0. The molecule has 3 nitrogen and oxygen atoms in total. The number of hydrogen-bond acceptors (Lipinski definition) is 3. The van der Waals surface area contributed by atoms with Crippen LogP contribution < -0.4 is 5.73 Å². The van der Waals surface area contributed by atoms with Gasteiger partial charge in [-0.15, -0.1) is 0 Å². The second-order valence-electron chi connectivity index (χ2n) is 4.35. The van der Waals surface area contributed by atoms with Crippen molar-refractivity contribution in [1.29, 1.82) is 0 Å². The van der Waals surface area contributed by atoms with Gasteiger partial charge in [0.25, 0.3) is 0 Å². The lowest BCUT2D eigenvalue weighted by Gasteiger charge is -2.31. The van der Waals surface area contributed by atoms with Gasteiger partial charge in [-0.3, -0.25) is 0 Å². The van der Waals surface area contributed by atoms with Crippen molar-refractivity contribution in [3.05, 3.63) is 0 Å². The number of piperidine rings is 1. The first-order valence-corrected chi connectivity index (χ1v) is 6.40. The van der Waals surface area contributed by atoms with E-state index >= 15 is 0 Å². The SMILES string of the molecule is CCOC1CCN(CCCCCN)CC1. The highest BCUT2D eigenvalue weighted by Gasteiger charge is 2.18. The molecule has 0 aliphatic carbocycles. The van der Waals surface area contributed by atoms with E-state index < -0.39 is 0 Å². The summed E-state index contributed by atoms with van der Waals surface area (Å²) in [6.07, 6.45) is 6.71. The van der Waals surface area contributed by atoms with Gasteiger partial charge in [-0.05, 0) is 45.7 Å². The van der Waals surface area contributed by atoms with E-state index in [-0.39, 0.29) is 0 Å². The van der Waals surface area contributed by atoms with Crippen LogP contribution in [-0.4, -0.2) is 43.8 Å². The highest BCUT2D eigenvalue weighted by atomic mass is 16.5. The average Bonchev–Trinajstić information content (AvgIpc) is 2.27. The molecule has 3 heteroatoms. The zero-order valence-electron chi connectivity index (χ0n) is 10.1. The molecule has 1 saturated heterocycles. The summed E-state index contributed by atoms with van der Waals surface area (Å²) in [5.74, 6) is 0. The lowest BCUT2D eigenvalue weighted by Crippen LogP contribution is -2.37. The van der Waals surface area contributed by atoms with Gasteiger partial charge in [-0.25, -0.2) is 0 Å². The second-order valence-corrected chi connectivity index (χ2v) is 4.35. The first-order valence-electron chi connectivity index (χ1n) is 6.40. The first-order chi connectivity index (χ1) is 7.36. The summed E-state index contributed by atoms with van der Waals surface area (Å²) in [7, 11) is 0. The molecule has 1 aliphatic rings. The Bertz CT molecular complexity index is 142. The van der Waals surface area contributed by atoms with Crippen LogP contribution >= 0.6 is 0 Å². The number of likely N-dealkylation sites (tertiary alicyclic amines) is 1. The summed E-state index contributed by atoms with van der Waals surface area (Å²) in [6, 6.07) is 0. The van der Waals surface area contributed by atoms with Gasteiger partial charge < -0.3 is 15.4 Å². The standard InChI is InChI=1S/C12H26N2O/c1-2-15-12-6-10-14(11-7-12)9-5-3-4-8-13/h12H,2-11,13H2,1H3. The first kappa shape index (κ1) is 12.9. The Morgan fingerprint density at radius 3 is 2.53 bits per heavy atom. The number of hydrogen-bond donors (Lipinski definition) is 1. The van der Waals surface area contributed by atoms with Crippen LogP contribution in [0.4, 0.5) is 0 Å². The molecule has 0 bridgehead atoms. The Hall–Kier alpha value is -0.120. The van der Waals surface area contributed by atoms with Crippen molar-refractivity contribution >= 4 is 0 Å². The largest absolute Gasteiger partial charge is 0.378 e. The third-order valence-electron chi connectivity index (χ3n) is 3.12. The lowest BCUT2D eigenvalue weighted by atomic mass is 10.1. The van der Waals surface area contributed by atoms with Gasteiger partial charge in [0.1, 0.15) is 0 Å². The fraction of sp³-hybridized carbons (Fsp3) is 1.00. The summed E-state index contributed by atoms with van der Waals surface area (Å²) in [6.45, 7) is 7.46. The third-order valence-corrected chi connectivity index (χ3v) is 3.12. The Kier molecular flexibility index (Phi) is 6.98. The molecule has 0 aromatic carbocycles. The normalized spacial score (nSPS) is 19.6. The van der Waals surface area contributed by atoms with Crippen LogP contribution in [0.15, 0.2) is 0 Å². The zero-order valence-corrected chi connectivity index (χ0v) is 10.1. The van der Waals surface area contributed by atoms with Crippen molar-refractivity contribution in [1.82, 2.24) is 4.90 Å². The molecule has 90 valence electrons. The summed E-state index contributed by atoms with van der Waals surface area (Å²) >= 11 is 0. The molecular weight excluding hydrogens is 188 g/mol. The van der Waals surface area contributed by atoms with Crippen LogP contribution in [0.2, 0.25) is 0 Å². The van der Waals surface area contributed by atoms with Gasteiger partial charge in [-0.2, -0.15) is 0 Å². The molecule has 0 radical (unpaired) electrons. The maximum atomic E-state index is 5.63. The lowest BCUT2D eigenvalue weighted by molar-refractivity contribution is 0.0140. The topological polar surface area (TPSA) is 38.5 Å². The molecule has 0 spiro atoms. The Balaban J connectivity index is 1.99. The number of nitrogens with two attached hydrogens (primary N) is 1. The quantitative estimate of drug-likeness (QED) is 0.654. The van der Waals surface area contributed by atoms with Crippen LogP contribution in [0.5, 0.6) is 0 Å². The van der Waals surface area contributed by atoms with Crippen molar-refractivity contribution in [3.63, 3.8) is 0 Å². The van der Waals surface area contributed by atoms with Crippen LogP contribution in [0, 0.1) is 0 Å². The van der Waals surface area contributed by atoms with Crippen LogP contribution in [0.3, 0.4) is 0 Å². The molecule has 1 rings (SSSR count). The minimum atomic E-state index is 0.523. The molecule has 0 aromatic heterocycles. The zero-order chi connectivity index (χ0) is 10.9. The number of rotatable bonds is 7. The summed E-state index contributed by atoms with van der Waals surface area (Å²) in [4.78, 5) is 2.56. The molecule has 1 fully saturated rings. The van der Waals surface area contributed by atoms with Crippen molar-refractivity contribution in [2.24, 2.45) is 5.73 Å². The van der Waals surface area contributed by atoms with Gasteiger partial charge >= 0.3 is 0 Å². The van der Waals surface area contributed by atoms with Crippen LogP contribution in [-0.2, 0) is 4.74 Å². The Morgan fingerprint density at radius 1 is 1.20 bits per heavy atom. The van der Waals surface area contributed by atoms with E-state index in [0.29, 0.717) is 6.10 Å². The molecule has 1 heterocycles. The predicted molar refractivity (Wildman–Crippen MR) is 64.0 cm³/mol. The molecule has 1 aliphatic heterocycles. The van der Waals surface area contributed by atoms with E-state index in [4.69, 9.17) is 10.5 Å². The predicted octanol–water partition coefficient (Wildman–Crippen LogP) is 1.62. The number of ether oxygens (including phenoxy) is 1. The van der Waals surface area contributed by atoms with Crippen molar-refractivity contribution in [3.8, 4) is 0 Å². The van der Waals surface area contributed by atoms with Gasteiger partial charge in [0, 0.05) is 19.7 Å².